The van der Waals surface area contributed by atoms with Gasteiger partial charge in [0.25, 0.3) is 5.91 Å². The molecule has 0 aliphatic carbocycles. The van der Waals surface area contributed by atoms with E-state index in [1.807, 2.05) is 12.1 Å². The smallest absolute Gasteiger partial charge is 0.291 e. The van der Waals surface area contributed by atoms with Gasteiger partial charge < -0.3 is 14.2 Å². The van der Waals surface area contributed by atoms with Gasteiger partial charge in [-0.1, -0.05) is 40.9 Å². The highest BCUT2D eigenvalue weighted by Gasteiger charge is 2.16. The minimum absolute atomic E-state index is 0.144. The summed E-state index contributed by atoms with van der Waals surface area (Å²) in [4.78, 5) is 17.2. The standard InChI is InChI=1S/C24H13Cl3N2O3/c25-14-3-1-2-13(10-14)24-29-19-12-16(5-7-21(19)32-24)28-23(30)22-9-8-20(31-22)17-6-4-15(26)11-18(17)27/h1-12H,(H,28,30). The zero-order valence-electron chi connectivity index (χ0n) is 16.2. The molecule has 0 saturated carbocycles. The van der Waals surface area contributed by atoms with Crippen LogP contribution >= 0.6 is 34.8 Å². The first kappa shape index (κ1) is 20.6. The number of nitrogens with one attached hydrogen (secondary N) is 1. The Morgan fingerprint density at radius 3 is 2.50 bits per heavy atom. The van der Waals surface area contributed by atoms with Gasteiger partial charge in [-0.25, -0.2) is 4.98 Å². The number of nitrogens with zero attached hydrogens (tertiary/aromatic N) is 1. The summed E-state index contributed by atoms with van der Waals surface area (Å²) in [6.45, 7) is 0. The number of hydrogen-bond acceptors (Lipinski definition) is 4. The van der Waals surface area contributed by atoms with Gasteiger partial charge in [-0.2, -0.15) is 0 Å². The topological polar surface area (TPSA) is 68.3 Å². The van der Waals surface area contributed by atoms with Crippen molar-refractivity contribution in [1.29, 1.82) is 0 Å². The molecule has 0 radical (unpaired) electrons. The summed E-state index contributed by atoms with van der Waals surface area (Å²) in [5.41, 5.74) is 3.16. The maximum absolute atomic E-state index is 12.7. The van der Waals surface area contributed by atoms with Crippen molar-refractivity contribution in [3.05, 3.63) is 93.6 Å². The van der Waals surface area contributed by atoms with Crippen LogP contribution in [-0.2, 0) is 0 Å². The quantitative estimate of drug-likeness (QED) is 0.281. The molecule has 32 heavy (non-hydrogen) atoms. The Hall–Kier alpha value is -3.25. The van der Waals surface area contributed by atoms with Crippen LogP contribution < -0.4 is 5.32 Å². The van der Waals surface area contributed by atoms with E-state index in [1.54, 1.807) is 60.7 Å². The summed E-state index contributed by atoms with van der Waals surface area (Å²) in [7, 11) is 0. The van der Waals surface area contributed by atoms with Crippen LogP contribution in [0.2, 0.25) is 15.1 Å². The van der Waals surface area contributed by atoms with Crippen molar-refractivity contribution in [2.75, 3.05) is 5.32 Å². The number of benzene rings is 3. The van der Waals surface area contributed by atoms with Gasteiger partial charge in [-0.3, -0.25) is 4.79 Å². The number of fused-ring (bicyclic) bond motifs is 1. The average Bonchev–Trinajstić information content (AvgIpc) is 3.41. The molecule has 5 nitrogen and oxygen atoms in total. The molecule has 0 bridgehead atoms. The molecule has 158 valence electrons. The molecule has 1 N–H and O–H groups in total. The fraction of sp³-hybridized carbons (Fsp3) is 0. The number of hydrogen-bond donors (Lipinski definition) is 1. The molecular formula is C24H13Cl3N2O3. The molecule has 0 aliphatic heterocycles. The van der Waals surface area contributed by atoms with Crippen LogP contribution in [0, 0.1) is 0 Å². The van der Waals surface area contributed by atoms with Gasteiger partial charge in [0, 0.05) is 26.9 Å². The van der Waals surface area contributed by atoms with Crippen LogP contribution in [-0.4, -0.2) is 10.9 Å². The second kappa shape index (κ2) is 8.36. The Balaban J connectivity index is 1.37. The summed E-state index contributed by atoms with van der Waals surface area (Å²) >= 11 is 18.2. The molecule has 0 fully saturated rings. The van der Waals surface area contributed by atoms with Crippen LogP contribution in [0.4, 0.5) is 5.69 Å². The number of furan rings is 1. The molecule has 1 amide bonds. The lowest BCUT2D eigenvalue weighted by atomic mass is 10.2. The van der Waals surface area contributed by atoms with Crippen molar-refractivity contribution in [1.82, 2.24) is 4.98 Å². The molecule has 0 atom stereocenters. The van der Waals surface area contributed by atoms with Gasteiger partial charge in [0.2, 0.25) is 5.89 Å². The van der Waals surface area contributed by atoms with Crippen LogP contribution in [0.5, 0.6) is 0 Å². The van der Waals surface area contributed by atoms with Crippen molar-refractivity contribution in [2.45, 2.75) is 0 Å². The number of rotatable bonds is 4. The summed E-state index contributed by atoms with van der Waals surface area (Å²) < 4.78 is 11.5. The molecule has 3 aromatic carbocycles. The van der Waals surface area contributed by atoms with Gasteiger partial charge in [-0.05, 0) is 66.7 Å². The second-order valence-electron chi connectivity index (χ2n) is 6.95. The number of carbonyl (C=O) groups is 1. The lowest BCUT2D eigenvalue weighted by Crippen LogP contribution is -2.10. The molecule has 0 unspecified atom stereocenters. The Morgan fingerprint density at radius 2 is 1.69 bits per heavy atom. The van der Waals surface area contributed by atoms with Gasteiger partial charge in [0.05, 0.1) is 5.02 Å². The largest absolute Gasteiger partial charge is 0.451 e. The number of carbonyl (C=O) groups excluding carboxylic acids is 1. The van der Waals surface area contributed by atoms with E-state index < -0.39 is 5.91 Å². The Bertz CT molecular complexity index is 1470. The number of oxazole rings is 1. The highest BCUT2D eigenvalue weighted by atomic mass is 35.5. The van der Waals surface area contributed by atoms with E-state index in [4.69, 9.17) is 43.6 Å². The molecule has 5 rings (SSSR count). The van der Waals surface area contributed by atoms with E-state index in [-0.39, 0.29) is 5.76 Å². The van der Waals surface area contributed by atoms with Crippen molar-refractivity contribution in [3.8, 4) is 22.8 Å². The van der Waals surface area contributed by atoms with Crippen LogP contribution in [0.15, 0.2) is 81.6 Å². The van der Waals surface area contributed by atoms with E-state index in [9.17, 15) is 4.79 Å². The SMILES string of the molecule is O=C(Nc1ccc2oc(-c3cccc(Cl)c3)nc2c1)c1ccc(-c2ccc(Cl)cc2Cl)o1. The number of anilines is 1. The van der Waals surface area contributed by atoms with Gasteiger partial charge >= 0.3 is 0 Å². The average molecular weight is 484 g/mol. The normalized spacial score (nSPS) is 11.1. The molecule has 0 spiro atoms. The number of halogens is 3. The maximum Gasteiger partial charge on any atom is 0.291 e. The summed E-state index contributed by atoms with van der Waals surface area (Å²) in [5.74, 6) is 0.654. The minimum Gasteiger partial charge on any atom is -0.451 e. The molecule has 0 aliphatic rings. The number of amides is 1. The Kier molecular flexibility index (Phi) is 5.39. The first-order valence-corrected chi connectivity index (χ1v) is 10.6. The maximum atomic E-state index is 12.7. The van der Waals surface area contributed by atoms with Crippen LogP contribution in [0.25, 0.3) is 33.9 Å². The number of aromatic nitrogens is 1. The third-order valence-corrected chi connectivity index (χ3v) is 5.53. The minimum atomic E-state index is -0.403. The molecule has 2 aromatic heterocycles. The van der Waals surface area contributed by atoms with Crippen LogP contribution in [0.1, 0.15) is 10.6 Å². The molecule has 5 aromatic rings. The van der Waals surface area contributed by atoms with Crippen molar-refractivity contribution < 1.29 is 13.6 Å². The first-order valence-electron chi connectivity index (χ1n) is 9.49. The van der Waals surface area contributed by atoms with Gasteiger partial charge in [0.15, 0.2) is 11.3 Å². The first-order chi connectivity index (χ1) is 15.5. The zero-order valence-corrected chi connectivity index (χ0v) is 18.5. The van der Waals surface area contributed by atoms with Gasteiger partial charge in [-0.15, -0.1) is 0 Å². The summed E-state index contributed by atoms with van der Waals surface area (Å²) in [5, 5.41) is 4.35. The van der Waals surface area contributed by atoms with Crippen molar-refractivity contribution >= 4 is 57.5 Å². The molecule has 8 heteroatoms. The van der Waals surface area contributed by atoms with E-state index in [1.165, 1.54) is 0 Å². The Morgan fingerprint density at radius 1 is 0.844 bits per heavy atom. The lowest BCUT2D eigenvalue weighted by molar-refractivity contribution is 0.0997. The molecular weight excluding hydrogens is 471 g/mol. The van der Waals surface area contributed by atoms with Crippen LogP contribution in [0.3, 0.4) is 0 Å². The summed E-state index contributed by atoms with van der Waals surface area (Å²) in [6, 6.07) is 20.8. The van der Waals surface area contributed by atoms with Crippen molar-refractivity contribution in [2.24, 2.45) is 0 Å². The fourth-order valence-corrected chi connectivity index (χ4v) is 3.93. The van der Waals surface area contributed by atoms with E-state index in [0.29, 0.717) is 49.1 Å². The third-order valence-electron chi connectivity index (χ3n) is 4.74. The Labute approximate surface area is 197 Å². The summed E-state index contributed by atoms with van der Waals surface area (Å²) in [6.07, 6.45) is 0. The second-order valence-corrected chi connectivity index (χ2v) is 8.23. The highest BCUT2D eigenvalue weighted by molar-refractivity contribution is 6.36. The highest BCUT2D eigenvalue weighted by Crippen LogP contribution is 2.32. The van der Waals surface area contributed by atoms with E-state index >= 15 is 0 Å². The lowest BCUT2D eigenvalue weighted by Gasteiger charge is -2.03. The predicted molar refractivity (Wildman–Crippen MR) is 127 cm³/mol. The molecule has 2 heterocycles. The fourth-order valence-electron chi connectivity index (χ4n) is 3.24. The van der Waals surface area contributed by atoms with E-state index in [0.717, 1.165) is 5.56 Å². The van der Waals surface area contributed by atoms with Gasteiger partial charge in [0.1, 0.15) is 11.3 Å². The predicted octanol–water partition coefficient (Wildman–Crippen LogP) is 7.97. The third kappa shape index (κ3) is 4.10. The monoisotopic (exact) mass is 482 g/mol. The molecule has 0 saturated heterocycles. The van der Waals surface area contributed by atoms with E-state index in [2.05, 4.69) is 10.3 Å². The zero-order chi connectivity index (χ0) is 22.2. The van der Waals surface area contributed by atoms with Crippen molar-refractivity contribution in [3.63, 3.8) is 0 Å².